The molecule has 0 atom stereocenters. The second-order valence-electron chi connectivity index (χ2n) is 5.73. The smallest absolute Gasteiger partial charge is 0.262 e. The van der Waals surface area contributed by atoms with E-state index in [0.717, 1.165) is 23.4 Å². The highest BCUT2D eigenvalue weighted by Gasteiger charge is 2.07. The fourth-order valence-electron chi connectivity index (χ4n) is 2.51. The van der Waals surface area contributed by atoms with Crippen molar-refractivity contribution in [1.29, 1.82) is 0 Å². The summed E-state index contributed by atoms with van der Waals surface area (Å²) in [6.45, 7) is 2.01. The quantitative estimate of drug-likeness (QED) is 0.650. The predicted molar refractivity (Wildman–Crippen MR) is 103 cm³/mol. The minimum absolute atomic E-state index is 0.0447. The van der Waals surface area contributed by atoms with Crippen molar-refractivity contribution < 1.29 is 14.3 Å². The number of anilines is 1. The highest BCUT2D eigenvalue weighted by atomic mass is 16.5. The van der Waals surface area contributed by atoms with Gasteiger partial charge in [-0.2, -0.15) is 0 Å². The SMILES string of the molecule is CCc1ccccc1NC(=O)COc1ccc(Oc2ccccc2)cc1. The van der Waals surface area contributed by atoms with Crippen LogP contribution in [0.15, 0.2) is 78.9 Å². The zero-order valence-corrected chi connectivity index (χ0v) is 14.6. The summed E-state index contributed by atoms with van der Waals surface area (Å²) in [6, 6.07) is 24.5. The molecule has 1 amide bonds. The van der Waals surface area contributed by atoms with E-state index in [9.17, 15) is 4.79 Å². The minimum Gasteiger partial charge on any atom is -0.484 e. The molecule has 4 heteroatoms. The van der Waals surface area contributed by atoms with Gasteiger partial charge >= 0.3 is 0 Å². The Morgan fingerprint density at radius 3 is 2.15 bits per heavy atom. The maximum absolute atomic E-state index is 12.1. The van der Waals surface area contributed by atoms with E-state index in [1.54, 1.807) is 12.1 Å². The molecule has 3 aromatic rings. The van der Waals surface area contributed by atoms with Gasteiger partial charge < -0.3 is 14.8 Å². The second kappa shape index (κ2) is 8.72. The summed E-state index contributed by atoms with van der Waals surface area (Å²) >= 11 is 0. The molecule has 0 saturated heterocycles. The second-order valence-corrected chi connectivity index (χ2v) is 5.73. The fraction of sp³-hybridized carbons (Fsp3) is 0.136. The number of carbonyl (C=O) groups is 1. The summed E-state index contributed by atoms with van der Waals surface area (Å²) in [7, 11) is 0. The van der Waals surface area contributed by atoms with E-state index in [4.69, 9.17) is 9.47 Å². The lowest BCUT2D eigenvalue weighted by atomic mass is 10.1. The van der Waals surface area contributed by atoms with Gasteiger partial charge in [-0.15, -0.1) is 0 Å². The summed E-state index contributed by atoms with van der Waals surface area (Å²) in [4.78, 5) is 12.1. The van der Waals surface area contributed by atoms with Crippen LogP contribution in [-0.2, 0) is 11.2 Å². The Hall–Kier alpha value is -3.27. The normalized spacial score (nSPS) is 10.2. The largest absolute Gasteiger partial charge is 0.484 e. The molecule has 0 heterocycles. The Kier molecular flexibility index (Phi) is 5.88. The summed E-state index contributed by atoms with van der Waals surface area (Å²) in [6.07, 6.45) is 0.861. The number of rotatable bonds is 7. The van der Waals surface area contributed by atoms with E-state index in [1.165, 1.54) is 0 Å². The molecule has 0 spiro atoms. The number of ether oxygens (including phenoxy) is 2. The molecule has 0 aliphatic heterocycles. The Labute approximate surface area is 153 Å². The number of hydrogen-bond donors (Lipinski definition) is 1. The van der Waals surface area contributed by atoms with Crippen LogP contribution in [0.3, 0.4) is 0 Å². The molecular weight excluding hydrogens is 326 g/mol. The number of hydrogen-bond acceptors (Lipinski definition) is 3. The minimum atomic E-state index is -0.185. The topological polar surface area (TPSA) is 47.6 Å². The standard InChI is InChI=1S/C22H21NO3/c1-2-17-8-6-7-11-21(17)23-22(24)16-25-18-12-14-20(15-13-18)26-19-9-4-3-5-10-19/h3-15H,2,16H2,1H3,(H,23,24). The van der Waals surface area contributed by atoms with Crippen molar-refractivity contribution >= 4 is 11.6 Å². The van der Waals surface area contributed by atoms with Gasteiger partial charge in [-0.05, 0) is 54.4 Å². The van der Waals surface area contributed by atoms with Crippen LogP contribution in [-0.4, -0.2) is 12.5 Å². The molecule has 0 radical (unpaired) electrons. The average molecular weight is 347 g/mol. The van der Waals surface area contributed by atoms with E-state index in [1.807, 2.05) is 66.7 Å². The highest BCUT2D eigenvalue weighted by molar-refractivity contribution is 5.92. The summed E-state index contributed by atoms with van der Waals surface area (Å²) in [5.41, 5.74) is 1.93. The molecule has 26 heavy (non-hydrogen) atoms. The maximum atomic E-state index is 12.1. The van der Waals surface area contributed by atoms with Crippen LogP contribution >= 0.6 is 0 Å². The molecule has 0 aliphatic carbocycles. The van der Waals surface area contributed by atoms with Crippen molar-refractivity contribution in [3.8, 4) is 17.2 Å². The predicted octanol–water partition coefficient (Wildman–Crippen LogP) is 5.06. The third kappa shape index (κ3) is 4.86. The summed E-state index contributed by atoms with van der Waals surface area (Å²) in [5, 5.41) is 2.89. The van der Waals surface area contributed by atoms with Crippen molar-refractivity contribution in [2.75, 3.05) is 11.9 Å². The summed E-state index contributed by atoms with van der Waals surface area (Å²) in [5.74, 6) is 1.92. The molecule has 3 rings (SSSR count). The highest BCUT2D eigenvalue weighted by Crippen LogP contribution is 2.23. The molecule has 0 fully saturated rings. The van der Waals surface area contributed by atoms with Crippen molar-refractivity contribution in [2.45, 2.75) is 13.3 Å². The lowest BCUT2D eigenvalue weighted by Crippen LogP contribution is -2.20. The lowest BCUT2D eigenvalue weighted by molar-refractivity contribution is -0.118. The zero-order valence-electron chi connectivity index (χ0n) is 14.6. The number of carbonyl (C=O) groups excluding carboxylic acids is 1. The number of aryl methyl sites for hydroxylation is 1. The molecule has 0 bridgehead atoms. The Morgan fingerprint density at radius 2 is 1.42 bits per heavy atom. The van der Waals surface area contributed by atoms with Gasteiger partial charge in [-0.25, -0.2) is 0 Å². The summed E-state index contributed by atoms with van der Waals surface area (Å²) < 4.78 is 11.3. The first-order chi connectivity index (χ1) is 12.7. The van der Waals surface area contributed by atoms with Crippen molar-refractivity contribution in [2.24, 2.45) is 0 Å². The molecule has 3 aromatic carbocycles. The number of nitrogens with one attached hydrogen (secondary N) is 1. The molecule has 1 N–H and O–H groups in total. The van der Waals surface area contributed by atoms with Gasteiger partial charge in [0.2, 0.25) is 0 Å². The van der Waals surface area contributed by atoms with E-state index in [-0.39, 0.29) is 12.5 Å². The molecular formula is C22H21NO3. The zero-order chi connectivity index (χ0) is 18.2. The number of amides is 1. The first kappa shape index (κ1) is 17.5. The van der Waals surface area contributed by atoms with Crippen LogP contribution in [0.5, 0.6) is 17.2 Å². The molecule has 0 aromatic heterocycles. The number of benzene rings is 3. The molecule has 4 nitrogen and oxygen atoms in total. The Bertz CT molecular complexity index is 845. The average Bonchev–Trinajstić information content (AvgIpc) is 2.69. The van der Waals surface area contributed by atoms with Gasteiger partial charge in [0.15, 0.2) is 6.61 Å². The van der Waals surface area contributed by atoms with Crippen molar-refractivity contribution in [3.63, 3.8) is 0 Å². The van der Waals surface area contributed by atoms with Gasteiger partial charge in [0.25, 0.3) is 5.91 Å². The molecule has 0 unspecified atom stereocenters. The number of para-hydroxylation sites is 2. The van der Waals surface area contributed by atoms with Gasteiger partial charge in [-0.1, -0.05) is 43.3 Å². The third-order valence-electron chi connectivity index (χ3n) is 3.84. The van der Waals surface area contributed by atoms with E-state index >= 15 is 0 Å². The van der Waals surface area contributed by atoms with Gasteiger partial charge in [0.05, 0.1) is 0 Å². The van der Waals surface area contributed by atoms with Crippen LogP contribution in [0, 0.1) is 0 Å². The fourth-order valence-corrected chi connectivity index (χ4v) is 2.51. The van der Waals surface area contributed by atoms with E-state index in [2.05, 4.69) is 12.2 Å². The van der Waals surface area contributed by atoms with Gasteiger partial charge in [0, 0.05) is 5.69 Å². The van der Waals surface area contributed by atoms with Crippen molar-refractivity contribution in [1.82, 2.24) is 0 Å². The van der Waals surface area contributed by atoms with Crippen LogP contribution < -0.4 is 14.8 Å². The van der Waals surface area contributed by atoms with E-state index < -0.39 is 0 Å². The van der Waals surface area contributed by atoms with E-state index in [0.29, 0.717) is 11.5 Å². The maximum Gasteiger partial charge on any atom is 0.262 e. The third-order valence-corrected chi connectivity index (χ3v) is 3.84. The molecule has 132 valence electrons. The first-order valence-corrected chi connectivity index (χ1v) is 8.58. The van der Waals surface area contributed by atoms with Crippen LogP contribution in [0.25, 0.3) is 0 Å². The van der Waals surface area contributed by atoms with Crippen LogP contribution in [0.1, 0.15) is 12.5 Å². The lowest BCUT2D eigenvalue weighted by Gasteiger charge is -2.11. The van der Waals surface area contributed by atoms with Crippen molar-refractivity contribution in [3.05, 3.63) is 84.4 Å². The molecule has 0 saturated carbocycles. The van der Waals surface area contributed by atoms with Crippen LogP contribution in [0.4, 0.5) is 5.69 Å². The van der Waals surface area contributed by atoms with Crippen LogP contribution in [0.2, 0.25) is 0 Å². The Morgan fingerprint density at radius 1 is 0.808 bits per heavy atom. The van der Waals surface area contributed by atoms with Gasteiger partial charge in [-0.3, -0.25) is 4.79 Å². The van der Waals surface area contributed by atoms with Gasteiger partial charge in [0.1, 0.15) is 17.2 Å². The monoisotopic (exact) mass is 347 g/mol. The first-order valence-electron chi connectivity index (χ1n) is 8.58. The Balaban J connectivity index is 1.52. The molecule has 0 aliphatic rings.